The number of hydrogen-bond acceptors (Lipinski definition) is 2. The van der Waals surface area contributed by atoms with Gasteiger partial charge in [-0.25, -0.2) is 0 Å². The topological polar surface area (TPSA) is 33.2 Å². The molecule has 0 radical (unpaired) electrons. The molecule has 0 saturated carbocycles. The van der Waals surface area contributed by atoms with E-state index in [9.17, 15) is 4.79 Å². The molecule has 0 aliphatic carbocycles. The van der Waals surface area contributed by atoms with Gasteiger partial charge in [-0.05, 0) is 32.4 Å². The van der Waals surface area contributed by atoms with Crippen LogP contribution in [0.1, 0.15) is 39.3 Å². The number of carbonyl (C=O) groups excluding carboxylic acids is 1. The summed E-state index contributed by atoms with van der Waals surface area (Å²) in [5.74, 6) is 0.211. The molecule has 0 fully saturated rings. The Bertz CT molecular complexity index is 322. The highest BCUT2D eigenvalue weighted by Gasteiger charge is 2.16. The predicted octanol–water partition coefficient (Wildman–Crippen LogP) is 2.62. The molecule has 1 heterocycles. The SMILES string of the molecule is CCCC(=O)N(Cc1ccccn1)C(C)C. The van der Waals surface area contributed by atoms with Crippen LogP contribution in [0.3, 0.4) is 0 Å². The fraction of sp³-hybridized carbons (Fsp3) is 0.538. The third-order valence-electron chi connectivity index (χ3n) is 2.47. The minimum Gasteiger partial charge on any atom is -0.334 e. The average Bonchev–Trinajstić information content (AvgIpc) is 2.27. The number of amides is 1. The van der Waals surface area contributed by atoms with Crippen LogP contribution in [0.25, 0.3) is 0 Å². The Balaban J connectivity index is 2.69. The van der Waals surface area contributed by atoms with Gasteiger partial charge in [-0.15, -0.1) is 0 Å². The summed E-state index contributed by atoms with van der Waals surface area (Å²) in [5.41, 5.74) is 0.945. The molecule has 16 heavy (non-hydrogen) atoms. The first-order valence-corrected chi connectivity index (χ1v) is 5.84. The molecule has 0 spiro atoms. The molecule has 0 unspecified atom stereocenters. The molecule has 1 aromatic rings. The zero-order valence-electron chi connectivity index (χ0n) is 10.3. The van der Waals surface area contributed by atoms with Crippen molar-refractivity contribution in [1.82, 2.24) is 9.88 Å². The van der Waals surface area contributed by atoms with Crippen LogP contribution in [0.2, 0.25) is 0 Å². The molecule has 1 aromatic heterocycles. The van der Waals surface area contributed by atoms with E-state index in [4.69, 9.17) is 0 Å². The Morgan fingerprint density at radius 3 is 2.69 bits per heavy atom. The minimum atomic E-state index is 0.211. The lowest BCUT2D eigenvalue weighted by Crippen LogP contribution is -2.36. The Kier molecular flexibility index (Phi) is 4.96. The summed E-state index contributed by atoms with van der Waals surface area (Å²) in [6, 6.07) is 6.01. The molecule has 88 valence electrons. The molecule has 1 amide bonds. The van der Waals surface area contributed by atoms with Gasteiger partial charge in [0.2, 0.25) is 5.91 Å². The highest BCUT2D eigenvalue weighted by Crippen LogP contribution is 2.08. The van der Waals surface area contributed by atoms with E-state index in [0.29, 0.717) is 13.0 Å². The van der Waals surface area contributed by atoms with E-state index in [1.54, 1.807) is 6.20 Å². The lowest BCUT2D eigenvalue weighted by molar-refractivity contribution is -0.133. The monoisotopic (exact) mass is 220 g/mol. The summed E-state index contributed by atoms with van der Waals surface area (Å²) >= 11 is 0. The van der Waals surface area contributed by atoms with E-state index < -0.39 is 0 Å². The Hall–Kier alpha value is -1.38. The zero-order chi connectivity index (χ0) is 12.0. The van der Waals surface area contributed by atoms with Crippen LogP contribution in [0.5, 0.6) is 0 Å². The maximum absolute atomic E-state index is 11.9. The van der Waals surface area contributed by atoms with Gasteiger partial charge in [-0.1, -0.05) is 13.0 Å². The van der Waals surface area contributed by atoms with Crippen molar-refractivity contribution >= 4 is 5.91 Å². The fourth-order valence-electron chi connectivity index (χ4n) is 1.58. The largest absolute Gasteiger partial charge is 0.334 e. The standard InChI is InChI=1S/C13H20N2O/c1-4-7-13(16)15(11(2)3)10-12-8-5-6-9-14-12/h5-6,8-9,11H,4,7,10H2,1-3H3. The van der Waals surface area contributed by atoms with Crippen molar-refractivity contribution in [3.05, 3.63) is 30.1 Å². The number of carbonyl (C=O) groups is 1. The number of hydrogen-bond donors (Lipinski definition) is 0. The van der Waals surface area contributed by atoms with Crippen LogP contribution in [0.4, 0.5) is 0 Å². The maximum Gasteiger partial charge on any atom is 0.223 e. The molecular weight excluding hydrogens is 200 g/mol. The second-order valence-electron chi connectivity index (χ2n) is 4.19. The normalized spacial score (nSPS) is 10.5. The van der Waals surface area contributed by atoms with E-state index in [2.05, 4.69) is 4.98 Å². The summed E-state index contributed by atoms with van der Waals surface area (Å²) < 4.78 is 0. The van der Waals surface area contributed by atoms with Crippen molar-refractivity contribution in [2.45, 2.75) is 46.2 Å². The van der Waals surface area contributed by atoms with Crippen LogP contribution >= 0.6 is 0 Å². The van der Waals surface area contributed by atoms with Crippen LogP contribution in [0.15, 0.2) is 24.4 Å². The van der Waals surface area contributed by atoms with Crippen molar-refractivity contribution in [2.24, 2.45) is 0 Å². The highest BCUT2D eigenvalue weighted by molar-refractivity contribution is 5.76. The predicted molar refractivity (Wildman–Crippen MR) is 64.8 cm³/mol. The van der Waals surface area contributed by atoms with Crippen molar-refractivity contribution < 1.29 is 4.79 Å². The van der Waals surface area contributed by atoms with Gasteiger partial charge in [0.25, 0.3) is 0 Å². The van der Waals surface area contributed by atoms with Gasteiger partial charge in [0.1, 0.15) is 0 Å². The second-order valence-corrected chi connectivity index (χ2v) is 4.19. The van der Waals surface area contributed by atoms with E-state index in [1.165, 1.54) is 0 Å². The number of pyridine rings is 1. The van der Waals surface area contributed by atoms with Crippen LogP contribution in [0, 0.1) is 0 Å². The first-order valence-electron chi connectivity index (χ1n) is 5.84. The summed E-state index contributed by atoms with van der Waals surface area (Å²) in [6.45, 7) is 6.71. The van der Waals surface area contributed by atoms with Crippen LogP contribution < -0.4 is 0 Å². The van der Waals surface area contributed by atoms with Crippen LogP contribution in [-0.2, 0) is 11.3 Å². The van der Waals surface area contributed by atoms with Gasteiger partial charge < -0.3 is 4.90 Å². The summed E-state index contributed by atoms with van der Waals surface area (Å²) in [7, 11) is 0. The van der Waals surface area contributed by atoms with Crippen molar-refractivity contribution in [3.63, 3.8) is 0 Å². The first kappa shape index (κ1) is 12.7. The quantitative estimate of drug-likeness (QED) is 0.764. The maximum atomic E-state index is 11.9. The molecule has 0 bridgehead atoms. The number of aromatic nitrogens is 1. The lowest BCUT2D eigenvalue weighted by atomic mass is 10.2. The smallest absolute Gasteiger partial charge is 0.223 e. The molecule has 3 nitrogen and oxygen atoms in total. The van der Waals surface area contributed by atoms with E-state index in [-0.39, 0.29) is 11.9 Å². The second kappa shape index (κ2) is 6.26. The number of nitrogens with zero attached hydrogens (tertiary/aromatic N) is 2. The van der Waals surface area contributed by atoms with E-state index >= 15 is 0 Å². The molecular formula is C13H20N2O. The summed E-state index contributed by atoms with van der Waals surface area (Å²) in [6.07, 6.45) is 3.27. The molecule has 0 aliphatic heterocycles. The van der Waals surface area contributed by atoms with E-state index in [0.717, 1.165) is 12.1 Å². The van der Waals surface area contributed by atoms with E-state index in [1.807, 2.05) is 43.9 Å². The zero-order valence-corrected chi connectivity index (χ0v) is 10.3. The first-order chi connectivity index (χ1) is 7.65. The third kappa shape index (κ3) is 3.65. The Morgan fingerprint density at radius 1 is 1.44 bits per heavy atom. The lowest BCUT2D eigenvalue weighted by Gasteiger charge is -2.26. The molecule has 1 rings (SSSR count). The van der Waals surface area contributed by atoms with Gasteiger partial charge in [-0.3, -0.25) is 9.78 Å². The molecule has 0 atom stereocenters. The van der Waals surface area contributed by atoms with Gasteiger partial charge in [-0.2, -0.15) is 0 Å². The van der Waals surface area contributed by atoms with Gasteiger partial charge in [0.05, 0.1) is 12.2 Å². The van der Waals surface area contributed by atoms with Gasteiger partial charge in [0, 0.05) is 18.7 Å². The molecule has 0 N–H and O–H groups in total. The minimum absolute atomic E-state index is 0.211. The van der Waals surface area contributed by atoms with Gasteiger partial charge >= 0.3 is 0 Å². The van der Waals surface area contributed by atoms with Crippen molar-refractivity contribution in [1.29, 1.82) is 0 Å². The molecule has 0 aliphatic rings. The molecule has 0 aromatic carbocycles. The van der Waals surface area contributed by atoms with Crippen LogP contribution in [-0.4, -0.2) is 21.8 Å². The van der Waals surface area contributed by atoms with Gasteiger partial charge in [0.15, 0.2) is 0 Å². The molecule has 0 saturated heterocycles. The summed E-state index contributed by atoms with van der Waals surface area (Å²) in [5, 5.41) is 0. The average molecular weight is 220 g/mol. The van der Waals surface area contributed by atoms with Crippen molar-refractivity contribution in [2.75, 3.05) is 0 Å². The Morgan fingerprint density at radius 2 is 2.19 bits per heavy atom. The Labute approximate surface area is 97.5 Å². The molecule has 3 heteroatoms. The highest BCUT2D eigenvalue weighted by atomic mass is 16.2. The number of rotatable bonds is 5. The summed E-state index contributed by atoms with van der Waals surface area (Å²) in [4.78, 5) is 18.0. The fourth-order valence-corrected chi connectivity index (χ4v) is 1.58. The van der Waals surface area contributed by atoms with Crippen molar-refractivity contribution in [3.8, 4) is 0 Å². The third-order valence-corrected chi connectivity index (χ3v) is 2.47.